The zero-order valence-corrected chi connectivity index (χ0v) is 6.69. The normalized spacial score (nSPS) is 9.23. The molecule has 0 fully saturated rings. The lowest BCUT2D eigenvalue weighted by Crippen LogP contribution is -1.94. The maximum Gasteiger partial charge on any atom is 0.277 e. The lowest BCUT2D eigenvalue weighted by atomic mass is 10.1. The van der Waals surface area contributed by atoms with Crippen molar-refractivity contribution in [2.24, 2.45) is 0 Å². The third-order valence-electron chi connectivity index (χ3n) is 1.55. The molecule has 1 aromatic carbocycles. The molecule has 0 saturated heterocycles. The van der Waals surface area contributed by atoms with Crippen molar-refractivity contribution in [2.75, 3.05) is 0 Å². The Morgan fingerprint density at radius 3 is 2.62 bits per heavy atom. The second-order valence-corrected chi connectivity index (χ2v) is 2.35. The topological polar surface area (TPSA) is 60.2 Å². The first-order valence-electron chi connectivity index (χ1n) is 3.47. The van der Waals surface area contributed by atoms with Crippen LogP contribution in [0.25, 0.3) is 5.57 Å². The molecule has 1 radical (unpaired) electrons. The first-order valence-corrected chi connectivity index (χ1v) is 3.47. The average Bonchev–Trinajstić information content (AvgIpc) is 2.16. The molecule has 4 heteroatoms. The van der Waals surface area contributed by atoms with Crippen molar-refractivity contribution < 1.29 is 9.72 Å². The van der Waals surface area contributed by atoms with Crippen LogP contribution >= 0.6 is 0 Å². The summed E-state index contributed by atoms with van der Waals surface area (Å²) in [7, 11) is 0. The van der Waals surface area contributed by atoms with Crippen LogP contribution in [0.1, 0.15) is 5.56 Å². The highest BCUT2D eigenvalue weighted by Gasteiger charge is 2.14. The number of rotatable bonds is 3. The number of carbonyl (C=O) groups excluding carboxylic acids is 1. The summed E-state index contributed by atoms with van der Waals surface area (Å²) in [5.74, 6) is 0. The highest BCUT2D eigenvalue weighted by molar-refractivity contribution is 6.07. The quantitative estimate of drug-likeness (QED) is 0.400. The van der Waals surface area contributed by atoms with Crippen LogP contribution in [0, 0.1) is 10.1 Å². The van der Waals surface area contributed by atoms with E-state index in [2.05, 4.69) is 6.58 Å². The monoisotopic (exact) mass is 176 g/mol. The van der Waals surface area contributed by atoms with Gasteiger partial charge in [0.25, 0.3) is 5.69 Å². The Kier molecular flexibility index (Phi) is 2.54. The van der Waals surface area contributed by atoms with Crippen LogP contribution < -0.4 is 0 Å². The van der Waals surface area contributed by atoms with Gasteiger partial charge in [0.05, 0.1) is 10.5 Å². The third-order valence-corrected chi connectivity index (χ3v) is 1.55. The Morgan fingerprint density at radius 2 is 2.08 bits per heavy atom. The molecular weight excluding hydrogens is 170 g/mol. The van der Waals surface area contributed by atoms with Gasteiger partial charge in [-0.3, -0.25) is 14.9 Å². The molecule has 0 aromatic heterocycles. The van der Waals surface area contributed by atoms with Gasteiger partial charge in [0, 0.05) is 11.6 Å². The van der Waals surface area contributed by atoms with E-state index in [-0.39, 0.29) is 16.8 Å². The van der Waals surface area contributed by atoms with Crippen LogP contribution in [0.3, 0.4) is 0 Å². The lowest BCUT2D eigenvalue weighted by Gasteiger charge is -1.98. The summed E-state index contributed by atoms with van der Waals surface area (Å²) in [6, 6.07) is 5.91. The number of allylic oxidation sites excluding steroid dienone is 1. The van der Waals surface area contributed by atoms with Gasteiger partial charge in [-0.15, -0.1) is 0 Å². The minimum atomic E-state index is -0.558. The van der Waals surface area contributed by atoms with Crippen molar-refractivity contribution in [1.82, 2.24) is 0 Å². The van der Waals surface area contributed by atoms with Gasteiger partial charge >= 0.3 is 0 Å². The van der Waals surface area contributed by atoms with Crippen molar-refractivity contribution in [3.8, 4) is 0 Å². The van der Waals surface area contributed by atoms with Crippen LogP contribution in [-0.2, 0) is 4.79 Å². The van der Waals surface area contributed by atoms with Crippen LogP contribution in [0.2, 0.25) is 0 Å². The maximum absolute atomic E-state index is 10.5. The fraction of sp³-hybridized carbons (Fsp3) is 0. The highest BCUT2D eigenvalue weighted by Crippen LogP contribution is 2.22. The summed E-state index contributed by atoms with van der Waals surface area (Å²) in [5, 5.41) is 10.5. The molecule has 0 heterocycles. The average molecular weight is 176 g/mol. The SMILES string of the molecule is C=C([C]=O)c1ccccc1[N+](=O)[O-]. The minimum Gasteiger partial charge on any atom is -0.285 e. The minimum absolute atomic E-state index is 0.00713. The fourth-order valence-electron chi connectivity index (χ4n) is 0.943. The molecule has 0 bridgehead atoms. The second-order valence-electron chi connectivity index (χ2n) is 2.35. The Hall–Kier alpha value is -1.97. The summed E-state index contributed by atoms with van der Waals surface area (Å²) >= 11 is 0. The zero-order valence-electron chi connectivity index (χ0n) is 6.69. The van der Waals surface area contributed by atoms with Gasteiger partial charge in [0.2, 0.25) is 6.29 Å². The van der Waals surface area contributed by atoms with Crippen molar-refractivity contribution in [1.29, 1.82) is 0 Å². The predicted octanol–water partition coefficient (Wildman–Crippen LogP) is 1.72. The largest absolute Gasteiger partial charge is 0.285 e. The summed E-state index contributed by atoms with van der Waals surface area (Å²) in [6.07, 6.45) is 1.53. The molecule has 0 amide bonds. The molecule has 0 unspecified atom stereocenters. The van der Waals surface area contributed by atoms with E-state index in [1.54, 1.807) is 6.07 Å². The Bertz CT molecular complexity index is 371. The number of hydrogen-bond acceptors (Lipinski definition) is 3. The van der Waals surface area contributed by atoms with Crippen molar-refractivity contribution in [3.63, 3.8) is 0 Å². The van der Waals surface area contributed by atoms with Gasteiger partial charge in [-0.05, 0) is 6.07 Å². The van der Waals surface area contributed by atoms with Crippen LogP contribution in [-0.4, -0.2) is 11.2 Å². The van der Waals surface area contributed by atoms with E-state index >= 15 is 0 Å². The predicted molar refractivity (Wildman–Crippen MR) is 47.8 cm³/mol. The molecule has 4 nitrogen and oxygen atoms in total. The van der Waals surface area contributed by atoms with Crippen molar-refractivity contribution in [2.45, 2.75) is 0 Å². The van der Waals surface area contributed by atoms with Crippen LogP contribution in [0.15, 0.2) is 30.8 Å². The van der Waals surface area contributed by atoms with Crippen LogP contribution in [0.5, 0.6) is 0 Å². The maximum atomic E-state index is 10.5. The van der Waals surface area contributed by atoms with Crippen molar-refractivity contribution >= 4 is 17.5 Å². The molecular formula is C9H6NO3. The van der Waals surface area contributed by atoms with Gasteiger partial charge in [0.15, 0.2) is 0 Å². The van der Waals surface area contributed by atoms with Crippen molar-refractivity contribution in [3.05, 3.63) is 46.5 Å². The number of nitrogens with zero attached hydrogens (tertiary/aromatic N) is 1. The molecule has 0 N–H and O–H groups in total. The van der Waals surface area contributed by atoms with E-state index in [1.807, 2.05) is 0 Å². The molecule has 0 aliphatic rings. The smallest absolute Gasteiger partial charge is 0.277 e. The Balaban J connectivity index is 3.27. The molecule has 65 valence electrons. The molecule has 0 aliphatic heterocycles. The van der Waals surface area contributed by atoms with E-state index < -0.39 is 4.92 Å². The fourth-order valence-corrected chi connectivity index (χ4v) is 0.943. The molecule has 0 spiro atoms. The second kappa shape index (κ2) is 3.62. The van der Waals surface area contributed by atoms with E-state index in [0.717, 1.165) is 0 Å². The first-order chi connectivity index (χ1) is 6.16. The van der Waals surface area contributed by atoms with Gasteiger partial charge in [-0.2, -0.15) is 0 Å². The van der Waals surface area contributed by atoms with E-state index in [1.165, 1.54) is 24.5 Å². The molecule has 1 aromatic rings. The van der Waals surface area contributed by atoms with Gasteiger partial charge < -0.3 is 0 Å². The number of para-hydroxylation sites is 1. The summed E-state index contributed by atoms with van der Waals surface area (Å²) in [6.45, 7) is 3.36. The first kappa shape index (κ1) is 9.12. The van der Waals surface area contributed by atoms with Gasteiger partial charge in [-0.1, -0.05) is 18.7 Å². The summed E-state index contributed by atoms with van der Waals surface area (Å²) < 4.78 is 0. The molecule has 1 rings (SSSR count). The van der Waals surface area contributed by atoms with E-state index in [0.29, 0.717) is 0 Å². The number of nitro benzene ring substituents is 1. The molecule has 0 saturated carbocycles. The Labute approximate surface area is 74.7 Å². The highest BCUT2D eigenvalue weighted by atomic mass is 16.6. The number of hydrogen-bond donors (Lipinski definition) is 0. The van der Waals surface area contributed by atoms with Gasteiger partial charge in [-0.25, -0.2) is 0 Å². The number of benzene rings is 1. The lowest BCUT2D eigenvalue weighted by molar-refractivity contribution is -0.385. The zero-order chi connectivity index (χ0) is 9.84. The van der Waals surface area contributed by atoms with Crippen LogP contribution in [0.4, 0.5) is 5.69 Å². The summed E-state index contributed by atoms with van der Waals surface area (Å²) in [4.78, 5) is 20.2. The Morgan fingerprint density at radius 1 is 1.46 bits per heavy atom. The summed E-state index contributed by atoms with van der Waals surface area (Å²) in [5.41, 5.74) is 0.0747. The van der Waals surface area contributed by atoms with Gasteiger partial charge in [0.1, 0.15) is 0 Å². The third kappa shape index (κ3) is 1.79. The number of nitro groups is 1. The van der Waals surface area contributed by atoms with E-state index in [4.69, 9.17) is 0 Å². The molecule has 0 atom stereocenters. The van der Waals surface area contributed by atoms with E-state index in [9.17, 15) is 14.9 Å². The molecule has 13 heavy (non-hydrogen) atoms. The standard InChI is InChI=1S/C9H6NO3/c1-7(6-11)8-4-2-3-5-9(8)10(12)13/h2-5H,1H2. The molecule has 0 aliphatic carbocycles.